The molecule has 0 atom stereocenters. The second-order valence-electron chi connectivity index (χ2n) is 5.53. The first-order chi connectivity index (χ1) is 11.8. The molecule has 0 saturated heterocycles. The molecule has 0 saturated carbocycles. The first-order valence-corrected chi connectivity index (χ1v) is 12.4. The highest BCUT2D eigenvalue weighted by Gasteiger charge is 2.18. The second-order valence-corrected chi connectivity index (χ2v) is 11.9. The molecule has 0 spiro atoms. The lowest BCUT2D eigenvalue weighted by Gasteiger charge is -2.16. The van der Waals surface area contributed by atoms with Crippen LogP contribution in [0.25, 0.3) is 0 Å². The minimum Gasteiger partial charge on any atom is -0.130 e. The van der Waals surface area contributed by atoms with Gasteiger partial charge in [0.2, 0.25) is 0 Å². The van der Waals surface area contributed by atoms with Crippen LogP contribution in [-0.4, -0.2) is 28.6 Å². The smallest absolute Gasteiger partial charge is 0.130 e. The molecule has 0 aliphatic rings. The van der Waals surface area contributed by atoms with Crippen LogP contribution in [0.2, 0.25) is 0 Å². The fourth-order valence-corrected chi connectivity index (χ4v) is 8.26. The third-order valence-corrected chi connectivity index (χ3v) is 10.4. The van der Waals surface area contributed by atoms with E-state index in [1.165, 1.54) is 20.7 Å². The maximum atomic E-state index is 6.29. The van der Waals surface area contributed by atoms with Gasteiger partial charge in [0.25, 0.3) is 0 Å². The zero-order valence-electron chi connectivity index (χ0n) is 13.3. The van der Waals surface area contributed by atoms with Crippen molar-refractivity contribution < 1.29 is 0 Å². The third-order valence-electron chi connectivity index (χ3n) is 4.09. The normalized spacial score (nSPS) is 11.2. The summed E-state index contributed by atoms with van der Waals surface area (Å²) in [7, 11) is -1.82. The van der Waals surface area contributed by atoms with Gasteiger partial charge in [0.05, 0.1) is 0 Å². The Balaban J connectivity index is 1.87. The lowest BCUT2D eigenvalue weighted by Crippen LogP contribution is -2.47. The van der Waals surface area contributed by atoms with Gasteiger partial charge in [-0.2, -0.15) is 0 Å². The van der Waals surface area contributed by atoms with Gasteiger partial charge in [-0.15, -0.1) is 23.2 Å². The van der Waals surface area contributed by atoms with Crippen molar-refractivity contribution in [3.8, 4) is 0 Å². The summed E-state index contributed by atoms with van der Waals surface area (Å²) in [5.41, 5.74) is 1.36. The molecule has 0 heterocycles. The van der Waals surface area contributed by atoms with Crippen molar-refractivity contribution in [2.75, 3.05) is 11.0 Å². The Labute approximate surface area is 157 Å². The molecule has 3 aromatic rings. The molecule has 4 heteroatoms. The van der Waals surface area contributed by atoms with Gasteiger partial charge in [-0.05, 0) is 0 Å². The Bertz CT molecular complexity index is 679. The molecule has 3 rings (SSSR count). The number of hydrogen-bond donors (Lipinski definition) is 0. The number of rotatable bonds is 6. The molecule has 3 aromatic carbocycles. The van der Waals surface area contributed by atoms with Crippen LogP contribution in [0.4, 0.5) is 0 Å². The Kier molecular flexibility index (Phi) is 6.33. The Morgan fingerprint density at radius 2 is 0.750 bits per heavy atom. The highest BCUT2D eigenvalue weighted by Crippen LogP contribution is 1.98. The number of halogens is 2. The zero-order valence-corrected chi connectivity index (χ0v) is 16.8. The van der Waals surface area contributed by atoms with E-state index >= 15 is 0 Å². The minimum absolute atomic E-state index is 0.681. The lowest BCUT2D eigenvalue weighted by molar-refractivity contribution is 1.71. The van der Waals surface area contributed by atoms with Gasteiger partial charge in [0, 0.05) is 11.0 Å². The molecule has 0 N–H and O–H groups in total. The van der Waals surface area contributed by atoms with Crippen LogP contribution >= 0.6 is 23.2 Å². The van der Waals surface area contributed by atoms with Crippen molar-refractivity contribution >= 4 is 61.5 Å². The lowest BCUT2D eigenvalue weighted by atomic mass is 10.3. The van der Waals surface area contributed by atoms with Gasteiger partial charge in [0.1, 0.15) is 17.6 Å². The van der Waals surface area contributed by atoms with Crippen LogP contribution in [0.3, 0.4) is 0 Å². The van der Waals surface area contributed by atoms with Crippen LogP contribution in [0.15, 0.2) is 84.9 Å². The topological polar surface area (TPSA) is 0 Å². The standard InChI is InChI=1S/C20H18Cl2Si2/c21-15-23(17-7-3-1-4-8-17)19-11-13-20(14-12-19)24(16-22)18-9-5-2-6-10-18/h1-14H,15-16H2. The molecule has 120 valence electrons. The van der Waals surface area contributed by atoms with E-state index in [1.807, 2.05) is 0 Å². The fourth-order valence-electron chi connectivity index (χ4n) is 2.79. The second kappa shape index (κ2) is 8.68. The van der Waals surface area contributed by atoms with Crippen LogP contribution in [0.1, 0.15) is 0 Å². The third kappa shape index (κ3) is 4.01. The minimum atomic E-state index is -0.908. The first kappa shape index (κ1) is 17.5. The number of benzene rings is 3. The predicted octanol–water partition coefficient (Wildman–Crippen LogP) is 2.46. The summed E-state index contributed by atoms with van der Waals surface area (Å²) in [6, 6.07) is 30.2. The Morgan fingerprint density at radius 1 is 0.458 bits per heavy atom. The van der Waals surface area contributed by atoms with Crippen molar-refractivity contribution in [2.24, 2.45) is 0 Å². The zero-order chi connectivity index (χ0) is 16.8. The molecule has 0 amide bonds. The summed E-state index contributed by atoms with van der Waals surface area (Å²) in [5.74, 6) is 0. The van der Waals surface area contributed by atoms with Gasteiger partial charge >= 0.3 is 0 Å². The van der Waals surface area contributed by atoms with E-state index in [-0.39, 0.29) is 0 Å². The molecule has 0 aliphatic carbocycles. The molecule has 24 heavy (non-hydrogen) atoms. The molecule has 0 unspecified atom stereocenters. The van der Waals surface area contributed by atoms with E-state index in [0.29, 0.717) is 11.0 Å². The quantitative estimate of drug-likeness (QED) is 0.452. The van der Waals surface area contributed by atoms with Gasteiger partial charge in [0.15, 0.2) is 0 Å². The van der Waals surface area contributed by atoms with E-state index < -0.39 is 17.6 Å². The average molecular weight is 385 g/mol. The molecule has 0 nitrogen and oxygen atoms in total. The average Bonchev–Trinajstić information content (AvgIpc) is 2.66. The van der Waals surface area contributed by atoms with Gasteiger partial charge in [-0.3, -0.25) is 0 Å². The van der Waals surface area contributed by atoms with Crippen LogP contribution in [0, 0.1) is 0 Å². The monoisotopic (exact) mass is 384 g/mol. The van der Waals surface area contributed by atoms with Crippen molar-refractivity contribution in [3.05, 3.63) is 84.9 Å². The summed E-state index contributed by atoms with van der Waals surface area (Å²) < 4.78 is 0. The summed E-state index contributed by atoms with van der Waals surface area (Å²) in [5, 5.41) is 5.43. The summed E-state index contributed by atoms with van der Waals surface area (Å²) in [6.45, 7) is 0. The van der Waals surface area contributed by atoms with Gasteiger partial charge in [-0.25, -0.2) is 0 Å². The van der Waals surface area contributed by atoms with Crippen LogP contribution in [0.5, 0.6) is 0 Å². The molecular formula is C20H18Cl2Si2. The van der Waals surface area contributed by atoms with E-state index in [0.717, 1.165) is 0 Å². The van der Waals surface area contributed by atoms with Crippen molar-refractivity contribution in [1.29, 1.82) is 0 Å². The molecular weight excluding hydrogens is 367 g/mol. The molecule has 0 fully saturated rings. The SMILES string of the molecule is ClC[Si](c1ccccc1)c1ccc([Si](CCl)c2ccccc2)cc1. The summed E-state index contributed by atoms with van der Waals surface area (Å²) >= 11 is 12.6. The van der Waals surface area contributed by atoms with E-state index in [1.54, 1.807) is 0 Å². The number of alkyl halides is 2. The van der Waals surface area contributed by atoms with Crippen LogP contribution in [-0.2, 0) is 0 Å². The highest BCUT2D eigenvalue weighted by molar-refractivity contribution is 6.91. The number of hydrogen-bond acceptors (Lipinski definition) is 0. The Morgan fingerprint density at radius 3 is 1.04 bits per heavy atom. The van der Waals surface area contributed by atoms with Crippen molar-refractivity contribution in [2.45, 2.75) is 0 Å². The van der Waals surface area contributed by atoms with E-state index in [9.17, 15) is 0 Å². The maximum Gasteiger partial charge on any atom is 0.136 e. The van der Waals surface area contributed by atoms with Crippen molar-refractivity contribution in [1.82, 2.24) is 0 Å². The van der Waals surface area contributed by atoms with E-state index in [4.69, 9.17) is 23.2 Å². The molecule has 0 aromatic heterocycles. The highest BCUT2D eigenvalue weighted by atomic mass is 35.5. The molecule has 0 bridgehead atoms. The maximum absolute atomic E-state index is 6.29. The van der Waals surface area contributed by atoms with Crippen LogP contribution < -0.4 is 20.7 Å². The summed E-state index contributed by atoms with van der Waals surface area (Å²) in [4.78, 5) is 0. The van der Waals surface area contributed by atoms with Gasteiger partial charge in [-0.1, -0.05) is 106 Å². The summed E-state index contributed by atoms with van der Waals surface area (Å²) in [6.07, 6.45) is 0. The largest absolute Gasteiger partial charge is 0.136 e. The van der Waals surface area contributed by atoms with Crippen molar-refractivity contribution in [3.63, 3.8) is 0 Å². The Hall–Kier alpha value is -1.33. The predicted molar refractivity (Wildman–Crippen MR) is 111 cm³/mol. The van der Waals surface area contributed by atoms with E-state index in [2.05, 4.69) is 84.9 Å². The fraction of sp³-hybridized carbons (Fsp3) is 0.100. The first-order valence-electron chi connectivity index (χ1n) is 7.88. The van der Waals surface area contributed by atoms with Gasteiger partial charge < -0.3 is 0 Å². The molecule has 0 aliphatic heterocycles. The molecule has 2 radical (unpaired) electrons.